The SMILES string of the molecule is CCOC(=O)c1ccc(NC(=O)/C(C#N)=C/c2cc(Br)c(O)c(OC)c2)cc1. The molecule has 0 fully saturated rings. The molecule has 0 aliphatic carbocycles. The lowest BCUT2D eigenvalue weighted by atomic mass is 10.1. The first-order valence-corrected chi connectivity index (χ1v) is 8.95. The maximum atomic E-state index is 12.4. The number of methoxy groups -OCH3 is 1. The Balaban J connectivity index is 2.20. The van der Waals surface area contributed by atoms with Gasteiger partial charge in [0.25, 0.3) is 5.91 Å². The fourth-order valence-corrected chi connectivity index (χ4v) is 2.71. The topological polar surface area (TPSA) is 109 Å². The molecule has 0 spiro atoms. The predicted molar refractivity (Wildman–Crippen MR) is 107 cm³/mol. The van der Waals surface area contributed by atoms with Gasteiger partial charge < -0.3 is 19.9 Å². The number of carbonyl (C=O) groups is 2. The number of nitrogens with one attached hydrogen (secondary N) is 1. The Morgan fingerprint density at radius 1 is 1.29 bits per heavy atom. The molecule has 7 nitrogen and oxygen atoms in total. The summed E-state index contributed by atoms with van der Waals surface area (Å²) in [5, 5.41) is 21.8. The largest absolute Gasteiger partial charge is 0.503 e. The predicted octanol–water partition coefficient (Wildman–Crippen LogP) is 3.89. The molecule has 0 unspecified atom stereocenters. The van der Waals surface area contributed by atoms with Crippen LogP contribution in [0.3, 0.4) is 0 Å². The molecule has 1 amide bonds. The zero-order valence-electron chi connectivity index (χ0n) is 15.2. The summed E-state index contributed by atoms with van der Waals surface area (Å²) in [6.07, 6.45) is 1.37. The summed E-state index contributed by atoms with van der Waals surface area (Å²) in [4.78, 5) is 24.0. The van der Waals surface area contributed by atoms with Crippen molar-refractivity contribution < 1.29 is 24.2 Å². The number of nitrogens with zero attached hydrogens (tertiary/aromatic N) is 1. The summed E-state index contributed by atoms with van der Waals surface area (Å²) in [6, 6.07) is 11.0. The Morgan fingerprint density at radius 3 is 2.54 bits per heavy atom. The summed E-state index contributed by atoms with van der Waals surface area (Å²) < 4.78 is 10.3. The number of phenols is 1. The van der Waals surface area contributed by atoms with E-state index in [0.29, 0.717) is 21.3 Å². The van der Waals surface area contributed by atoms with Gasteiger partial charge in [-0.25, -0.2) is 4.79 Å². The van der Waals surface area contributed by atoms with Crippen LogP contribution in [0.2, 0.25) is 0 Å². The summed E-state index contributed by atoms with van der Waals surface area (Å²) in [5.41, 5.74) is 1.13. The van der Waals surface area contributed by atoms with Gasteiger partial charge in [0.1, 0.15) is 11.6 Å². The molecule has 0 bridgehead atoms. The number of anilines is 1. The number of esters is 1. The van der Waals surface area contributed by atoms with Crippen molar-refractivity contribution in [1.29, 1.82) is 5.26 Å². The third kappa shape index (κ3) is 5.11. The smallest absolute Gasteiger partial charge is 0.338 e. The van der Waals surface area contributed by atoms with Crippen molar-refractivity contribution in [3.8, 4) is 17.6 Å². The van der Waals surface area contributed by atoms with Crippen molar-refractivity contribution in [3.05, 3.63) is 57.6 Å². The van der Waals surface area contributed by atoms with E-state index in [9.17, 15) is 20.0 Å². The second-order valence-corrected chi connectivity index (χ2v) is 6.33. The van der Waals surface area contributed by atoms with Crippen molar-refractivity contribution in [3.63, 3.8) is 0 Å². The van der Waals surface area contributed by atoms with Gasteiger partial charge in [-0.3, -0.25) is 4.79 Å². The van der Waals surface area contributed by atoms with E-state index in [2.05, 4.69) is 21.2 Å². The highest BCUT2D eigenvalue weighted by molar-refractivity contribution is 9.10. The first-order valence-electron chi connectivity index (χ1n) is 8.16. The van der Waals surface area contributed by atoms with Crippen molar-refractivity contribution in [2.24, 2.45) is 0 Å². The van der Waals surface area contributed by atoms with Crippen molar-refractivity contribution in [1.82, 2.24) is 0 Å². The molecule has 2 aromatic rings. The molecule has 2 aromatic carbocycles. The van der Waals surface area contributed by atoms with Crippen LogP contribution in [0.15, 0.2) is 46.4 Å². The number of aromatic hydroxyl groups is 1. The number of amides is 1. The minimum Gasteiger partial charge on any atom is -0.503 e. The van der Waals surface area contributed by atoms with Gasteiger partial charge >= 0.3 is 5.97 Å². The molecule has 0 radical (unpaired) electrons. The Labute approximate surface area is 170 Å². The molecule has 0 atom stereocenters. The molecule has 8 heteroatoms. The molecule has 0 aliphatic rings. The van der Waals surface area contributed by atoms with Gasteiger partial charge in [-0.1, -0.05) is 0 Å². The molecule has 0 saturated heterocycles. The van der Waals surface area contributed by atoms with Gasteiger partial charge in [0.2, 0.25) is 0 Å². The summed E-state index contributed by atoms with van der Waals surface area (Å²) in [6.45, 7) is 1.98. The molecule has 0 aromatic heterocycles. The van der Waals surface area contributed by atoms with Crippen LogP contribution < -0.4 is 10.1 Å². The van der Waals surface area contributed by atoms with Crippen LogP contribution in [0.5, 0.6) is 11.5 Å². The minimum absolute atomic E-state index is 0.0794. The molecule has 0 heterocycles. The van der Waals surface area contributed by atoms with Crippen molar-refractivity contribution >= 4 is 39.6 Å². The third-order valence-electron chi connectivity index (χ3n) is 3.60. The number of hydrogen-bond acceptors (Lipinski definition) is 6. The average Bonchev–Trinajstić information content (AvgIpc) is 2.69. The lowest BCUT2D eigenvalue weighted by molar-refractivity contribution is -0.112. The Morgan fingerprint density at radius 2 is 1.96 bits per heavy atom. The van der Waals surface area contributed by atoms with Crippen LogP contribution in [0.4, 0.5) is 5.69 Å². The molecule has 2 N–H and O–H groups in total. The number of phenolic OH excluding ortho intramolecular Hbond substituents is 1. The summed E-state index contributed by atoms with van der Waals surface area (Å²) >= 11 is 3.19. The number of benzene rings is 2. The second-order valence-electron chi connectivity index (χ2n) is 5.48. The lowest BCUT2D eigenvalue weighted by Crippen LogP contribution is -2.13. The van der Waals surface area contributed by atoms with Crippen molar-refractivity contribution in [2.45, 2.75) is 6.92 Å². The molecule has 144 valence electrons. The Bertz CT molecular complexity index is 962. The van der Waals surface area contributed by atoms with Crippen LogP contribution in [0.1, 0.15) is 22.8 Å². The standard InChI is InChI=1S/C20H17BrN2O5/c1-3-28-20(26)13-4-6-15(7-5-13)23-19(25)14(11-22)8-12-9-16(21)18(24)17(10-12)27-2/h4-10,24H,3H2,1-2H3,(H,23,25)/b14-8+. The molecule has 0 aliphatic heterocycles. The number of nitriles is 1. The van der Waals surface area contributed by atoms with E-state index in [1.807, 2.05) is 6.07 Å². The number of hydrogen-bond donors (Lipinski definition) is 2. The minimum atomic E-state index is -0.616. The fourth-order valence-electron chi connectivity index (χ4n) is 2.25. The van der Waals surface area contributed by atoms with Gasteiger partial charge in [0, 0.05) is 5.69 Å². The zero-order chi connectivity index (χ0) is 20.7. The molecule has 28 heavy (non-hydrogen) atoms. The van der Waals surface area contributed by atoms with E-state index in [4.69, 9.17) is 9.47 Å². The molecule has 0 saturated carbocycles. The van der Waals surface area contributed by atoms with Crippen LogP contribution >= 0.6 is 15.9 Å². The van der Waals surface area contributed by atoms with Gasteiger partial charge in [-0.15, -0.1) is 0 Å². The van der Waals surface area contributed by atoms with Gasteiger partial charge in [0.15, 0.2) is 11.5 Å². The van der Waals surface area contributed by atoms with Crippen molar-refractivity contribution in [2.75, 3.05) is 19.0 Å². The molecular formula is C20H17BrN2O5. The summed E-state index contributed by atoms with van der Waals surface area (Å²) in [5.74, 6) is -0.948. The highest BCUT2D eigenvalue weighted by Gasteiger charge is 2.13. The van der Waals surface area contributed by atoms with E-state index in [0.717, 1.165) is 0 Å². The van der Waals surface area contributed by atoms with Gasteiger partial charge in [-0.2, -0.15) is 5.26 Å². The van der Waals surface area contributed by atoms with E-state index in [1.165, 1.54) is 31.4 Å². The van der Waals surface area contributed by atoms with Crippen LogP contribution in [-0.2, 0) is 9.53 Å². The van der Waals surface area contributed by atoms with E-state index in [-0.39, 0.29) is 23.7 Å². The number of rotatable bonds is 6. The normalized spacial score (nSPS) is 10.7. The monoisotopic (exact) mass is 444 g/mol. The van der Waals surface area contributed by atoms with E-state index < -0.39 is 11.9 Å². The lowest BCUT2D eigenvalue weighted by Gasteiger charge is -2.08. The third-order valence-corrected chi connectivity index (χ3v) is 4.21. The summed E-state index contributed by atoms with van der Waals surface area (Å²) in [7, 11) is 1.40. The van der Waals surface area contributed by atoms with Gasteiger partial charge in [-0.05, 0) is 70.9 Å². The highest BCUT2D eigenvalue weighted by Crippen LogP contribution is 2.35. The van der Waals surface area contributed by atoms with E-state index >= 15 is 0 Å². The van der Waals surface area contributed by atoms with Gasteiger partial charge in [0.05, 0.1) is 23.8 Å². The van der Waals surface area contributed by atoms with Crippen LogP contribution in [0.25, 0.3) is 6.08 Å². The number of halogens is 1. The number of carbonyl (C=O) groups excluding carboxylic acids is 2. The maximum Gasteiger partial charge on any atom is 0.338 e. The molecule has 2 rings (SSSR count). The fraction of sp³-hybridized carbons (Fsp3) is 0.150. The Kier molecular flexibility index (Phi) is 7.18. The first-order chi connectivity index (χ1) is 13.4. The highest BCUT2D eigenvalue weighted by atomic mass is 79.9. The number of ether oxygens (including phenoxy) is 2. The maximum absolute atomic E-state index is 12.4. The second kappa shape index (κ2) is 9.58. The van der Waals surface area contributed by atoms with Crippen LogP contribution in [-0.4, -0.2) is 30.7 Å². The average molecular weight is 445 g/mol. The quantitative estimate of drug-likeness (QED) is 0.397. The Hall–Kier alpha value is -3.31. The molecular weight excluding hydrogens is 428 g/mol. The zero-order valence-corrected chi connectivity index (χ0v) is 16.7. The first kappa shape index (κ1) is 21.0. The van der Waals surface area contributed by atoms with Crippen LogP contribution in [0, 0.1) is 11.3 Å². The van der Waals surface area contributed by atoms with E-state index in [1.54, 1.807) is 25.1 Å².